The van der Waals surface area contributed by atoms with Crippen molar-refractivity contribution in [2.75, 3.05) is 6.54 Å². The molecule has 0 aliphatic carbocycles. The molecule has 0 bridgehead atoms. The minimum absolute atomic E-state index is 0.736. The third-order valence-corrected chi connectivity index (χ3v) is 0.177. The third kappa shape index (κ3) is 1.96. The summed E-state index contributed by atoms with van der Waals surface area (Å²) < 4.78 is 0. The highest BCUT2D eigenvalue weighted by Gasteiger charge is 1.52. The standard InChI is InChI=1S/C3H6N/c1-3-4-2/h4H,3H2,1H3. The van der Waals surface area contributed by atoms with Crippen LogP contribution in [-0.2, 0) is 0 Å². The van der Waals surface area contributed by atoms with Crippen molar-refractivity contribution in [1.29, 1.82) is 0 Å². The molecule has 0 heterocycles. The Hall–Kier alpha value is -0.0400. The van der Waals surface area contributed by atoms with Gasteiger partial charge in [0.05, 0.1) is 7.05 Å². The van der Waals surface area contributed by atoms with Crippen LogP contribution in [-0.4, -0.2) is 6.54 Å². The van der Waals surface area contributed by atoms with Gasteiger partial charge in [0.25, 0.3) is 0 Å². The molecule has 3 radical (unpaired) electrons. The van der Waals surface area contributed by atoms with E-state index >= 15 is 0 Å². The zero-order valence-corrected chi connectivity index (χ0v) is 2.71. The molecular formula is C3H6N. The Bertz CT molecular complexity index is 5.25. The number of hydrogen-bond acceptors (Lipinski definition) is 1. The molecule has 4 heavy (non-hydrogen) atoms. The molecule has 0 atom stereocenters. The number of hydrogen-bond donors (Lipinski definition) is 1. The second kappa shape index (κ2) is 2.96. The van der Waals surface area contributed by atoms with E-state index in [4.69, 9.17) is 7.05 Å². The molecular weight excluding hydrogens is 50.0 g/mol. The Morgan fingerprint density at radius 3 is 2.25 bits per heavy atom. The Kier molecular flexibility index (Phi) is 2.93. The monoisotopic (exact) mass is 56.1 g/mol. The molecule has 0 amide bonds. The van der Waals surface area contributed by atoms with Crippen LogP contribution < -0.4 is 5.32 Å². The average Bonchev–Trinajstić information content (AvgIpc) is 1.37. The van der Waals surface area contributed by atoms with Crippen LogP contribution in [0.3, 0.4) is 0 Å². The maximum atomic E-state index is 6.20. The summed E-state index contributed by atoms with van der Waals surface area (Å²) in [5, 5.41) is 2.18. The first kappa shape index (κ1) is 3.96. The zero-order chi connectivity index (χ0) is 3.41. The van der Waals surface area contributed by atoms with Gasteiger partial charge in [-0.15, -0.1) is 0 Å². The lowest BCUT2D eigenvalue weighted by molar-refractivity contribution is 0.916. The van der Waals surface area contributed by atoms with Gasteiger partial charge in [-0.3, -0.25) is 0 Å². The van der Waals surface area contributed by atoms with Gasteiger partial charge in [0.1, 0.15) is 0 Å². The first-order chi connectivity index (χ1) is 1.91. The van der Waals surface area contributed by atoms with Crippen LogP contribution >= 0.6 is 0 Å². The molecule has 0 aromatic heterocycles. The minimum atomic E-state index is 0.736. The largest absolute Gasteiger partial charge is 0.306 e. The molecule has 1 heteroatoms. The fourth-order valence-electron chi connectivity index (χ4n) is 0. The van der Waals surface area contributed by atoms with Gasteiger partial charge in [-0.2, -0.15) is 0 Å². The van der Waals surface area contributed by atoms with Crippen molar-refractivity contribution >= 4 is 0 Å². The summed E-state index contributed by atoms with van der Waals surface area (Å²) in [5.74, 6) is 0. The van der Waals surface area contributed by atoms with Gasteiger partial charge in [0, 0.05) is 0 Å². The molecule has 0 rings (SSSR count). The van der Waals surface area contributed by atoms with Crippen LogP contribution in [0.4, 0.5) is 0 Å². The highest BCUT2D eigenvalue weighted by molar-refractivity contribution is 4.25. The lowest BCUT2D eigenvalue weighted by Crippen LogP contribution is -1.97. The van der Waals surface area contributed by atoms with Gasteiger partial charge in [-0.25, -0.2) is 0 Å². The zero-order valence-electron chi connectivity index (χ0n) is 2.71. The van der Waals surface area contributed by atoms with Gasteiger partial charge in [0.15, 0.2) is 0 Å². The van der Waals surface area contributed by atoms with Crippen LogP contribution in [0.1, 0.15) is 6.92 Å². The van der Waals surface area contributed by atoms with Gasteiger partial charge >= 0.3 is 0 Å². The van der Waals surface area contributed by atoms with Crippen LogP contribution in [0.25, 0.3) is 0 Å². The average molecular weight is 56.1 g/mol. The van der Waals surface area contributed by atoms with Crippen molar-refractivity contribution in [2.45, 2.75) is 6.92 Å². The summed E-state index contributed by atoms with van der Waals surface area (Å²) in [4.78, 5) is 0. The van der Waals surface area contributed by atoms with Crippen LogP contribution in [0.5, 0.6) is 0 Å². The Labute approximate surface area is 27.0 Å². The summed E-state index contributed by atoms with van der Waals surface area (Å²) in [5.41, 5.74) is 0. The molecule has 1 nitrogen and oxygen atoms in total. The molecule has 0 saturated heterocycles. The molecule has 0 aliphatic rings. The van der Waals surface area contributed by atoms with E-state index in [-0.39, 0.29) is 0 Å². The van der Waals surface area contributed by atoms with E-state index in [1.165, 1.54) is 0 Å². The van der Waals surface area contributed by atoms with Crippen LogP contribution in [0.2, 0.25) is 0 Å². The van der Waals surface area contributed by atoms with E-state index in [1.54, 1.807) is 0 Å². The summed E-state index contributed by atoms with van der Waals surface area (Å²) >= 11 is 0. The van der Waals surface area contributed by atoms with Gasteiger partial charge in [0.2, 0.25) is 0 Å². The third-order valence-electron chi connectivity index (χ3n) is 0.177. The number of rotatable bonds is 1. The lowest BCUT2D eigenvalue weighted by atomic mass is 10.8. The summed E-state index contributed by atoms with van der Waals surface area (Å²) in [7, 11) is 6.20. The van der Waals surface area contributed by atoms with E-state index < -0.39 is 0 Å². The predicted octanol–water partition coefficient (Wildman–Crippen LogP) is 0.141. The smallest absolute Gasteiger partial charge is 0.0850 e. The maximum Gasteiger partial charge on any atom is 0.0850 e. The van der Waals surface area contributed by atoms with Crippen molar-refractivity contribution in [1.82, 2.24) is 5.32 Å². The minimum Gasteiger partial charge on any atom is -0.306 e. The SMILES string of the molecule is [C]NCC. The lowest BCUT2D eigenvalue weighted by Gasteiger charge is -1.74. The molecule has 0 aliphatic heterocycles. The highest BCUT2D eigenvalue weighted by Crippen LogP contribution is 1.37. The second-order valence-corrected chi connectivity index (χ2v) is 0.530. The fourth-order valence-corrected chi connectivity index (χ4v) is 0. The van der Waals surface area contributed by atoms with E-state index in [9.17, 15) is 0 Å². The van der Waals surface area contributed by atoms with Crippen LogP contribution in [0.15, 0.2) is 0 Å². The molecule has 0 aromatic rings. The Balaban J connectivity index is 1.97. The first-order valence-corrected chi connectivity index (χ1v) is 1.31. The first-order valence-electron chi connectivity index (χ1n) is 1.31. The summed E-state index contributed by atoms with van der Waals surface area (Å²) in [6, 6.07) is 0. The molecule has 0 aromatic carbocycles. The van der Waals surface area contributed by atoms with E-state index in [0.717, 1.165) is 6.54 Å². The summed E-state index contributed by atoms with van der Waals surface area (Å²) in [6.45, 7) is 2.62. The fraction of sp³-hybridized carbons (Fsp3) is 0.667. The van der Waals surface area contributed by atoms with E-state index in [0.29, 0.717) is 0 Å². The van der Waals surface area contributed by atoms with Crippen molar-refractivity contribution < 1.29 is 0 Å². The maximum absolute atomic E-state index is 6.20. The van der Waals surface area contributed by atoms with E-state index in [1.807, 2.05) is 6.92 Å². The Morgan fingerprint density at radius 1 is 2.00 bits per heavy atom. The van der Waals surface area contributed by atoms with Crippen molar-refractivity contribution in [2.24, 2.45) is 0 Å². The second-order valence-electron chi connectivity index (χ2n) is 0.530. The molecule has 0 saturated carbocycles. The van der Waals surface area contributed by atoms with Crippen molar-refractivity contribution in [3.63, 3.8) is 0 Å². The van der Waals surface area contributed by atoms with Gasteiger partial charge in [-0.05, 0) is 6.54 Å². The topological polar surface area (TPSA) is 12.0 Å². The molecule has 0 spiro atoms. The van der Waals surface area contributed by atoms with Gasteiger partial charge < -0.3 is 5.32 Å². The van der Waals surface area contributed by atoms with Gasteiger partial charge in [-0.1, -0.05) is 6.92 Å². The predicted molar refractivity (Wildman–Crippen MR) is 16.9 cm³/mol. The highest BCUT2D eigenvalue weighted by atomic mass is 14.8. The molecule has 0 fully saturated rings. The van der Waals surface area contributed by atoms with Crippen LogP contribution in [0, 0.1) is 7.05 Å². The summed E-state index contributed by atoms with van der Waals surface area (Å²) in [6.07, 6.45) is 0. The molecule has 0 unspecified atom stereocenters. The molecule has 1 N–H and O–H groups in total. The molecule has 23 valence electrons. The quantitative estimate of drug-likeness (QED) is 0.450. The van der Waals surface area contributed by atoms with E-state index in [2.05, 4.69) is 5.32 Å². The Morgan fingerprint density at radius 2 is 2.25 bits per heavy atom. The van der Waals surface area contributed by atoms with Crippen molar-refractivity contribution in [3.8, 4) is 0 Å². The van der Waals surface area contributed by atoms with Crippen molar-refractivity contribution in [3.05, 3.63) is 7.05 Å². The number of nitrogens with one attached hydrogen (secondary N) is 1. The normalized spacial score (nSPS) is 7.50.